The zero-order chi connectivity index (χ0) is 15.0. The van der Waals surface area contributed by atoms with Crippen LogP contribution in [-0.2, 0) is 4.74 Å². The fourth-order valence-corrected chi connectivity index (χ4v) is 1.93. The van der Waals surface area contributed by atoms with E-state index in [-0.39, 0.29) is 12.6 Å². The molecule has 1 rings (SSSR count). The summed E-state index contributed by atoms with van der Waals surface area (Å²) in [6.07, 6.45) is -3.74. The van der Waals surface area contributed by atoms with Crippen LogP contribution in [-0.4, -0.2) is 26.1 Å². The molecule has 3 nitrogen and oxygen atoms in total. The van der Waals surface area contributed by atoms with Gasteiger partial charge in [-0.3, -0.25) is 4.74 Å². The summed E-state index contributed by atoms with van der Waals surface area (Å²) in [7, 11) is 0. The Morgan fingerprint density at radius 1 is 1.15 bits per heavy atom. The molecule has 0 saturated heterocycles. The summed E-state index contributed by atoms with van der Waals surface area (Å²) in [5.74, 6) is 0.589. The molecule has 6 heteroatoms. The van der Waals surface area contributed by atoms with Crippen LogP contribution in [0.15, 0.2) is 24.3 Å². The SMILES string of the molecule is CCNC(CC)c1ccccc1OCCOC(F)(F)F. The van der Waals surface area contributed by atoms with Crippen molar-refractivity contribution >= 4 is 0 Å². The van der Waals surface area contributed by atoms with Crippen molar-refractivity contribution in [1.82, 2.24) is 5.32 Å². The van der Waals surface area contributed by atoms with E-state index >= 15 is 0 Å². The minimum atomic E-state index is -4.61. The molecule has 0 fully saturated rings. The van der Waals surface area contributed by atoms with Crippen molar-refractivity contribution in [2.24, 2.45) is 0 Å². The average molecular weight is 291 g/mol. The first kappa shape index (κ1) is 16.8. The van der Waals surface area contributed by atoms with Gasteiger partial charge in [-0.2, -0.15) is 0 Å². The Bertz CT molecular complexity index is 396. The first-order valence-corrected chi connectivity index (χ1v) is 6.63. The second kappa shape index (κ2) is 8.11. The first-order valence-electron chi connectivity index (χ1n) is 6.63. The number of benzene rings is 1. The van der Waals surface area contributed by atoms with Gasteiger partial charge in [0.2, 0.25) is 0 Å². The Balaban J connectivity index is 2.61. The quantitative estimate of drug-likeness (QED) is 0.741. The molecule has 0 radical (unpaired) electrons. The summed E-state index contributed by atoms with van der Waals surface area (Å²) in [5.41, 5.74) is 0.948. The van der Waals surface area contributed by atoms with E-state index in [4.69, 9.17) is 4.74 Å². The highest BCUT2D eigenvalue weighted by Crippen LogP contribution is 2.27. The second-order valence-corrected chi connectivity index (χ2v) is 4.20. The molecule has 20 heavy (non-hydrogen) atoms. The third-order valence-electron chi connectivity index (χ3n) is 2.76. The standard InChI is InChI=1S/C14H20F3NO2/c1-3-12(18-4-2)11-7-5-6-8-13(11)19-9-10-20-14(15,16)17/h5-8,12,18H,3-4,9-10H2,1-2H3. The Morgan fingerprint density at radius 2 is 1.85 bits per heavy atom. The second-order valence-electron chi connectivity index (χ2n) is 4.20. The number of rotatable bonds is 8. The van der Waals surface area contributed by atoms with E-state index in [1.165, 1.54) is 0 Å². The Kier molecular flexibility index (Phi) is 6.81. The maximum absolute atomic E-state index is 11.9. The number of halogens is 3. The van der Waals surface area contributed by atoms with E-state index in [9.17, 15) is 13.2 Å². The van der Waals surface area contributed by atoms with Crippen LogP contribution in [0, 0.1) is 0 Å². The lowest BCUT2D eigenvalue weighted by atomic mass is 10.0. The molecule has 0 aliphatic heterocycles. The molecular weight excluding hydrogens is 271 g/mol. The van der Waals surface area contributed by atoms with Crippen molar-refractivity contribution in [3.63, 3.8) is 0 Å². The van der Waals surface area contributed by atoms with Gasteiger partial charge in [0.25, 0.3) is 0 Å². The summed E-state index contributed by atoms with van der Waals surface area (Å²) in [5, 5.41) is 3.31. The van der Waals surface area contributed by atoms with Crippen molar-refractivity contribution in [3.8, 4) is 5.75 Å². The zero-order valence-electron chi connectivity index (χ0n) is 11.7. The van der Waals surface area contributed by atoms with E-state index in [1.807, 2.05) is 26.0 Å². The van der Waals surface area contributed by atoms with E-state index in [1.54, 1.807) is 12.1 Å². The fraction of sp³-hybridized carbons (Fsp3) is 0.571. The molecular formula is C14H20F3NO2. The van der Waals surface area contributed by atoms with E-state index in [2.05, 4.69) is 10.1 Å². The summed E-state index contributed by atoms with van der Waals surface area (Å²) < 4.78 is 44.6. The third kappa shape index (κ3) is 5.79. The van der Waals surface area contributed by atoms with Gasteiger partial charge in [-0.05, 0) is 19.0 Å². The minimum absolute atomic E-state index is 0.125. The molecule has 1 atom stereocenters. The minimum Gasteiger partial charge on any atom is -0.491 e. The molecule has 1 aromatic carbocycles. The van der Waals surface area contributed by atoms with Crippen LogP contribution in [0.1, 0.15) is 31.9 Å². The number of nitrogens with one attached hydrogen (secondary N) is 1. The van der Waals surface area contributed by atoms with Gasteiger partial charge in [0, 0.05) is 11.6 Å². The van der Waals surface area contributed by atoms with Crippen LogP contribution >= 0.6 is 0 Å². The van der Waals surface area contributed by atoms with Gasteiger partial charge in [0.1, 0.15) is 12.4 Å². The predicted molar refractivity (Wildman–Crippen MR) is 70.7 cm³/mol. The highest BCUT2D eigenvalue weighted by molar-refractivity contribution is 5.35. The van der Waals surface area contributed by atoms with Crippen molar-refractivity contribution in [1.29, 1.82) is 0 Å². The molecule has 0 aliphatic rings. The van der Waals surface area contributed by atoms with Gasteiger partial charge in [-0.25, -0.2) is 0 Å². The Hall–Kier alpha value is -1.27. The zero-order valence-corrected chi connectivity index (χ0v) is 11.7. The maximum atomic E-state index is 11.9. The lowest BCUT2D eigenvalue weighted by Gasteiger charge is -2.20. The summed E-state index contributed by atoms with van der Waals surface area (Å²) in [6.45, 7) is 4.19. The van der Waals surface area contributed by atoms with Gasteiger partial charge < -0.3 is 10.1 Å². The summed E-state index contributed by atoms with van der Waals surface area (Å²) in [6, 6.07) is 7.47. The lowest BCUT2D eigenvalue weighted by Crippen LogP contribution is -2.22. The van der Waals surface area contributed by atoms with Crippen molar-refractivity contribution in [3.05, 3.63) is 29.8 Å². The van der Waals surface area contributed by atoms with Crippen LogP contribution < -0.4 is 10.1 Å². The van der Waals surface area contributed by atoms with E-state index < -0.39 is 13.0 Å². The van der Waals surface area contributed by atoms with Gasteiger partial charge in [-0.1, -0.05) is 32.0 Å². The molecule has 0 aliphatic carbocycles. The summed E-state index contributed by atoms with van der Waals surface area (Å²) in [4.78, 5) is 0. The van der Waals surface area contributed by atoms with Gasteiger partial charge in [-0.15, -0.1) is 13.2 Å². The average Bonchev–Trinajstić information content (AvgIpc) is 2.40. The fourth-order valence-electron chi connectivity index (χ4n) is 1.93. The molecule has 1 N–H and O–H groups in total. The van der Waals surface area contributed by atoms with Gasteiger partial charge in [0.15, 0.2) is 0 Å². The number of ether oxygens (including phenoxy) is 2. The highest BCUT2D eigenvalue weighted by Gasteiger charge is 2.28. The molecule has 0 aromatic heterocycles. The molecule has 0 amide bonds. The number of alkyl halides is 3. The lowest BCUT2D eigenvalue weighted by molar-refractivity contribution is -0.325. The Morgan fingerprint density at radius 3 is 2.45 bits per heavy atom. The summed E-state index contributed by atoms with van der Waals surface area (Å²) >= 11 is 0. The highest BCUT2D eigenvalue weighted by atomic mass is 19.4. The largest absolute Gasteiger partial charge is 0.522 e. The van der Waals surface area contributed by atoms with Crippen molar-refractivity contribution < 1.29 is 22.6 Å². The number of hydrogen-bond donors (Lipinski definition) is 1. The normalized spacial score (nSPS) is 13.2. The predicted octanol–water partition coefficient (Wildman–Crippen LogP) is 3.66. The van der Waals surface area contributed by atoms with E-state index in [0.717, 1.165) is 18.5 Å². The number of para-hydroxylation sites is 1. The van der Waals surface area contributed by atoms with Crippen LogP contribution in [0.5, 0.6) is 5.75 Å². The first-order chi connectivity index (χ1) is 9.48. The van der Waals surface area contributed by atoms with Crippen molar-refractivity contribution in [2.75, 3.05) is 19.8 Å². The van der Waals surface area contributed by atoms with Crippen LogP contribution in [0.4, 0.5) is 13.2 Å². The number of hydrogen-bond acceptors (Lipinski definition) is 3. The Labute approximate surface area is 117 Å². The van der Waals surface area contributed by atoms with Crippen LogP contribution in [0.25, 0.3) is 0 Å². The monoisotopic (exact) mass is 291 g/mol. The molecule has 0 bridgehead atoms. The molecule has 1 unspecified atom stereocenters. The molecule has 0 heterocycles. The maximum Gasteiger partial charge on any atom is 0.522 e. The van der Waals surface area contributed by atoms with Crippen LogP contribution in [0.2, 0.25) is 0 Å². The molecule has 1 aromatic rings. The third-order valence-corrected chi connectivity index (χ3v) is 2.76. The van der Waals surface area contributed by atoms with Crippen LogP contribution in [0.3, 0.4) is 0 Å². The van der Waals surface area contributed by atoms with Crippen molar-refractivity contribution in [2.45, 2.75) is 32.7 Å². The van der Waals surface area contributed by atoms with Gasteiger partial charge in [0.05, 0.1) is 6.61 Å². The molecule has 0 spiro atoms. The molecule has 114 valence electrons. The smallest absolute Gasteiger partial charge is 0.491 e. The topological polar surface area (TPSA) is 30.5 Å². The van der Waals surface area contributed by atoms with E-state index in [0.29, 0.717) is 5.75 Å². The van der Waals surface area contributed by atoms with Gasteiger partial charge >= 0.3 is 6.36 Å². The molecule has 0 saturated carbocycles.